The van der Waals surface area contributed by atoms with Crippen molar-refractivity contribution < 1.29 is 14.6 Å². The molecule has 0 saturated carbocycles. The van der Waals surface area contributed by atoms with Crippen LogP contribution in [0, 0.1) is 0 Å². The molecule has 1 amide bonds. The maximum atomic E-state index is 12.4. The van der Waals surface area contributed by atoms with Crippen LogP contribution in [0.5, 0.6) is 5.75 Å². The molecule has 1 saturated heterocycles. The number of phenolic OH excluding ortho intramolecular Hbond substituents is 1. The Bertz CT molecular complexity index is 484. The number of benzene rings is 1. The van der Waals surface area contributed by atoms with Gasteiger partial charge in [0.15, 0.2) is 0 Å². The van der Waals surface area contributed by atoms with Gasteiger partial charge in [0.25, 0.3) is 0 Å². The van der Waals surface area contributed by atoms with Crippen molar-refractivity contribution in [1.82, 2.24) is 10.2 Å². The molecule has 0 spiro atoms. The second kappa shape index (κ2) is 5.19. The third kappa shape index (κ3) is 2.57. The van der Waals surface area contributed by atoms with Crippen LogP contribution in [0.4, 0.5) is 0 Å². The van der Waals surface area contributed by atoms with Gasteiger partial charge in [-0.15, -0.1) is 0 Å². The number of hydrogen-bond acceptors (Lipinski definition) is 4. The Kier molecular flexibility index (Phi) is 3.40. The average Bonchev–Trinajstić information content (AvgIpc) is 2.46. The smallest absolute Gasteiger partial charge is 0.242 e. The maximum Gasteiger partial charge on any atom is 0.242 e. The van der Waals surface area contributed by atoms with E-state index in [1.165, 1.54) is 5.56 Å². The summed E-state index contributed by atoms with van der Waals surface area (Å²) in [6.07, 6.45) is 0.842. The van der Waals surface area contributed by atoms with Gasteiger partial charge < -0.3 is 20.1 Å². The Morgan fingerprint density at radius 3 is 3.11 bits per heavy atom. The van der Waals surface area contributed by atoms with E-state index >= 15 is 0 Å². The highest BCUT2D eigenvalue weighted by Crippen LogP contribution is 2.23. The van der Waals surface area contributed by atoms with Crippen LogP contribution < -0.4 is 5.32 Å². The number of carbonyl (C=O) groups excluding carboxylic acids is 1. The third-order valence-electron chi connectivity index (χ3n) is 3.73. The van der Waals surface area contributed by atoms with Crippen molar-refractivity contribution in [3.05, 3.63) is 29.3 Å². The van der Waals surface area contributed by atoms with E-state index in [-0.39, 0.29) is 17.7 Å². The molecular formula is C14H18N2O3. The van der Waals surface area contributed by atoms with Gasteiger partial charge in [0.05, 0.1) is 13.2 Å². The predicted octanol–water partition coefficient (Wildman–Crippen LogP) is 0.265. The Balaban J connectivity index is 1.72. The lowest BCUT2D eigenvalue weighted by Crippen LogP contribution is -2.53. The number of carbonyl (C=O) groups is 1. The van der Waals surface area contributed by atoms with Crippen molar-refractivity contribution in [3.63, 3.8) is 0 Å². The van der Waals surface area contributed by atoms with Crippen LogP contribution in [0.15, 0.2) is 18.2 Å². The van der Waals surface area contributed by atoms with Crippen molar-refractivity contribution in [3.8, 4) is 5.75 Å². The third-order valence-corrected chi connectivity index (χ3v) is 3.73. The standard InChI is InChI=1S/C14H18N2O3/c17-12-2-1-10-3-5-16(8-11(10)7-12)14(18)13-9-19-6-4-15-13/h1-2,7,13,15,17H,3-6,8-9H2. The molecule has 1 unspecified atom stereocenters. The first kappa shape index (κ1) is 12.4. The molecule has 0 radical (unpaired) electrons. The summed E-state index contributed by atoms with van der Waals surface area (Å²) in [6, 6.07) is 5.16. The Morgan fingerprint density at radius 1 is 1.42 bits per heavy atom. The molecule has 0 aromatic heterocycles. The van der Waals surface area contributed by atoms with Gasteiger partial charge in [-0.25, -0.2) is 0 Å². The van der Waals surface area contributed by atoms with Gasteiger partial charge in [-0.3, -0.25) is 4.79 Å². The molecule has 1 aromatic rings. The van der Waals surface area contributed by atoms with E-state index in [4.69, 9.17) is 4.74 Å². The molecule has 2 heterocycles. The van der Waals surface area contributed by atoms with Crippen molar-refractivity contribution in [1.29, 1.82) is 0 Å². The van der Waals surface area contributed by atoms with Gasteiger partial charge in [0.2, 0.25) is 5.91 Å². The average molecular weight is 262 g/mol. The Morgan fingerprint density at radius 2 is 2.32 bits per heavy atom. The summed E-state index contributed by atoms with van der Waals surface area (Å²) in [6.45, 7) is 3.14. The molecule has 1 atom stereocenters. The molecule has 1 fully saturated rings. The van der Waals surface area contributed by atoms with E-state index in [1.54, 1.807) is 12.1 Å². The molecule has 3 rings (SSSR count). The van der Waals surface area contributed by atoms with Gasteiger partial charge >= 0.3 is 0 Å². The van der Waals surface area contributed by atoms with Crippen molar-refractivity contribution >= 4 is 5.91 Å². The van der Waals surface area contributed by atoms with Gasteiger partial charge in [-0.05, 0) is 29.7 Å². The first-order valence-electron chi connectivity index (χ1n) is 6.65. The molecule has 2 aliphatic rings. The number of amides is 1. The number of fused-ring (bicyclic) bond motifs is 1. The Hall–Kier alpha value is -1.59. The molecule has 0 bridgehead atoms. The second-order valence-corrected chi connectivity index (χ2v) is 5.04. The first-order valence-corrected chi connectivity index (χ1v) is 6.65. The van der Waals surface area contributed by atoms with Crippen LogP contribution in [0.1, 0.15) is 11.1 Å². The maximum absolute atomic E-state index is 12.4. The van der Waals surface area contributed by atoms with Gasteiger partial charge in [-0.2, -0.15) is 0 Å². The summed E-state index contributed by atoms with van der Waals surface area (Å²) in [5.74, 6) is 0.348. The van der Waals surface area contributed by atoms with Crippen LogP contribution in [0.3, 0.4) is 0 Å². The lowest BCUT2D eigenvalue weighted by atomic mass is 9.99. The normalized spacial score (nSPS) is 22.9. The number of phenols is 1. The molecule has 2 aliphatic heterocycles. The summed E-state index contributed by atoms with van der Waals surface area (Å²) < 4.78 is 5.33. The van der Waals surface area contributed by atoms with Gasteiger partial charge in [-0.1, -0.05) is 6.07 Å². The number of rotatable bonds is 1. The highest BCUT2D eigenvalue weighted by Gasteiger charge is 2.28. The molecule has 102 valence electrons. The quantitative estimate of drug-likeness (QED) is 0.762. The summed E-state index contributed by atoms with van der Waals surface area (Å²) >= 11 is 0. The number of nitrogens with one attached hydrogen (secondary N) is 1. The Labute approximate surface area is 112 Å². The van der Waals surface area contributed by atoms with Crippen molar-refractivity contribution in [2.24, 2.45) is 0 Å². The minimum absolute atomic E-state index is 0.0914. The van der Waals surface area contributed by atoms with Crippen LogP contribution in [-0.4, -0.2) is 48.3 Å². The van der Waals surface area contributed by atoms with Crippen LogP contribution >= 0.6 is 0 Å². The molecule has 2 N–H and O–H groups in total. The summed E-state index contributed by atoms with van der Waals surface area (Å²) in [4.78, 5) is 14.2. The van der Waals surface area contributed by atoms with Crippen LogP contribution in [0.2, 0.25) is 0 Å². The molecule has 1 aromatic carbocycles. The lowest BCUT2D eigenvalue weighted by Gasteiger charge is -2.33. The summed E-state index contributed by atoms with van der Waals surface area (Å²) in [5.41, 5.74) is 2.26. The predicted molar refractivity (Wildman–Crippen MR) is 69.8 cm³/mol. The van der Waals surface area contributed by atoms with E-state index in [0.717, 1.165) is 25.1 Å². The molecule has 5 nitrogen and oxygen atoms in total. The van der Waals surface area contributed by atoms with E-state index in [0.29, 0.717) is 19.8 Å². The highest BCUT2D eigenvalue weighted by atomic mass is 16.5. The summed E-state index contributed by atoms with van der Waals surface area (Å²) in [5, 5.41) is 12.7. The van der Waals surface area contributed by atoms with Crippen molar-refractivity contribution in [2.75, 3.05) is 26.3 Å². The molecule has 5 heteroatoms. The molecule has 19 heavy (non-hydrogen) atoms. The van der Waals surface area contributed by atoms with E-state index in [2.05, 4.69) is 5.32 Å². The van der Waals surface area contributed by atoms with Gasteiger partial charge in [0.1, 0.15) is 11.8 Å². The zero-order chi connectivity index (χ0) is 13.2. The van der Waals surface area contributed by atoms with E-state index in [9.17, 15) is 9.90 Å². The SMILES string of the molecule is O=C(C1COCCN1)N1CCc2ccc(O)cc2C1. The molecule has 0 aliphatic carbocycles. The van der Waals surface area contributed by atoms with Crippen molar-refractivity contribution in [2.45, 2.75) is 19.0 Å². The zero-order valence-corrected chi connectivity index (χ0v) is 10.8. The summed E-state index contributed by atoms with van der Waals surface area (Å²) in [7, 11) is 0. The fourth-order valence-electron chi connectivity index (χ4n) is 2.68. The minimum Gasteiger partial charge on any atom is -0.508 e. The zero-order valence-electron chi connectivity index (χ0n) is 10.8. The van der Waals surface area contributed by atoms with Gasteiger partial charge in [0, 0.05) is 19.6 Å². The second-order valence-electron chi connectivity index (χ2n) is 5.04. The number of ether oxygens (including phenoxy) is 1. The van der Waals surface area contributed by atoms with E-state index < -0.39 is 0 Å². The fraction of sp³-hybridized carbons (Fsp3) is 0.500. The number of hydrogen-bond donors (Lipinski definition) is 2. The largest absolute Gasteiger partial charge is 0.508 e. The number of aromatic hydroxyl groups is 1. The first-order chi connectivity index (χ1) is 9.24. The fourth-order valence-corrected chi connectivity index (χ4v) is 2.68. The lowest BCUT2D eigenvalue weighted by molar-refractivity contribution is -0.137. The van der Waals surface area contributed by atoms with Crippen LogP contribution in [0.25, 0.3) is 0 Å². The minimum atomic E-state index is -0.229. The monoisotopic (exact) mass is 262 g/mol. The highest BCUT2D eigenvalue weighted by molar-refractivity contribution is 5.82. The van der Waals surface area contributed by atoms with Crippen LogP contribution in [-0.2, 0) is 22.5 Å². The van der Waals surface area contributed by atoms with E-state index in [1.807, 2.05) is 11.0 Å². The number of nitrogens with zero attached hydrogens (tertiary/aromatic N) is 1. The molecular weight excluding hydrogens is 244 g/mol. The topological polar surface area (TPSA) is 61.8 Å². The number of morpholine rings is 1.